The molecule has 2 aromatic rings. The van der Waals surface area contributed by atoms with E-state index < -0.39 is 0 Å². The maximum atomic E-state index is 11.2. The zero-order valence-corrected chi connectivity index (χ0v) is 11.7. The molecule has 0 fully saturated rings. The van der Waals surface area contributed by atoms with Crippen LogP contribution in [0.3, 0.4) is 0 Å². The zero-order chi connectivity index (χ0) is 13.1. The quantitative estimate of drug-likeness (QED) is 0.526. The van der Waals surface area contributed by atoms with Gasteiger partial charge in [-0.2, -0.15) is 0 Å². The Morgan fingerprint density at radius 3 is 3.00 bits per heavy atom. The lowest BCUT2D eigenvalue weighted by Crippen LogP contribution is -2.04. The largest absolute Gasteiger partial charge is 0.468 e. The molecular weight excluding hydrogens is 270 g/mol. The van der Waals surface area contributed by atoms with Crippen LogP contribution >= 0.6 is 23.1 Å². The Morgan fingerprint density at radius 2 is 2.33 bits per heavy atom. The summed E-state index contributed by atoms with van der Waals surface area (Å²) in [5.41, 5.74) is 5.67. The number of aryl methyl sites for hydroxylation is 1. The van der Waals surface area contributed by atoms with E-state index >= 15 is 0 Å². The maximum absolute atomic E-state index is 11.2. The first-order valence-corrected chi connectivity index (χ1v) is 7.19. The van der Waals surface area contributed by atoms with Crippen molar-refractivity contribution in [1.29, 1.82) is 0 Å². The molecule has 2 aromatic heterocycles. The van der Waals surface area contributed by atoms with Gasteiger partial charge in [0.15, 0.2) is 0 Å². The summed E-state index contributed by atoms with van der Waals surface area (Å²) in [5.74, 6) is 0.176. The average Bonchev–Trinajstić information content (AvgIpc) is 2.78. The summed E-state index contributed by atoms with van der Waals surface area (Å²) in [6, 6.07) is 2.05. The Morgan fingerprint density at radius 1 is 1.56 bits per heavy atom. The Kier molecular flexibility index (Phi) is 4.03. The van der Waals surface area contributed by atoms with Crippen LogP contribution in [0.25, 0.3) is 10.2 Å². The number of hydrogen-bond donors (Lipinski definition) is 1. The molecule has 5 nitrogen and oxygen atoms in total. The van der Waals surface area contributed by atoms with Gasteiger partial charge in [0.25, 0.3) is 0 Å². The van der Waals surface area contributed by atoms with E-state index in [1.165, 1.54) is 23.7 Å². The normalized spacial score (nSPS) is 10.8. The number of thioether (sulfide) groups is 1. The van der Waals surface area contributed by atoms with Crippen molar-refractivity contribution in [2.75, 3.05) is 18.6 Å². The molecule has 0 saturated carbocycles. The highest BCUT2D eigenvalue weighted by molar-refractivity contribution is 8.00. The van der Waals surface area contributed by atoms with Crippen LogP contribution in [0.1, 0.15) is 11.8 Å². The molecule has 2 heterocycles. The first-order valence-electron chi connectivity index (χ1n) is 5.39. The number of thiophene rings is 1. The van der Waals surface area contributed by atoms with Crippen LogP contribution < -0.4 is 5.73 Å². The zero-order valence-electron chi connectivity index (χ0n) is 10.1. The number of esters is 1. The molecule has 7 heteroatoms. The molecule has 0 unspecified atom stereocenters. The fraction of sp³-hybridized carbons (Fsp3) is 0.364. The summed E-state index contributed by atoms with van der Waals surface area (Å²) in [6.07, 6.45) is 0.946. The van der Waals surface area contributed by atoms with Crippen molar-refractivity contribution >= 4 is 45.2 Å². The highest BCUT2D eigenvalue weighted by Crippen LogP contribution is 2.32. The van der Waals surface area contributed by atoms with Crippen LogP contribution in [-0.4, -0.2) is 28.8 Å². The summed E-state index contributed by atoms with van der Waals surface area (Å²) in [7, 11) is 1.37. The smallest absolute Gasteiger partial charge is 0.316 e. The summed E-state index contributed by atoms with van der Waals surface area (Å²) in [6.45, 7) is 2.09. The fourth-order valence-electron chi connectivity index (χ4n) is 1.43. The van der Waals surface area contributed by atoms with Gasteiger partial charge < -0.3 is 10.5 Å². The maximum Gasteiger partial charge on any atom is 0.316 e. The van der Waals surface area contributed by atoms with Gasteiger partial charge >= 0.3 is 5.97 Å². The van der Waals surface area contributed by atoms with Gasteiger partial charge in [-0.3, -0.25) is 4.79 Å². The summed E-state index contributed by atoms with van der Waals surface area (Å²) in [4.78, 5) is 21.6. The van der Waals surface area contributed by atoms with Gasteiger partial charge in [-0.05, 0) is 12.5 Å². The molecule has 0 saturated heterocycles. The number of nitrogens with two attached hydrogens (primary N) is 1. The van der Waals surface area contributed by atoms with E-state index in [2.05, 4.69) is 27.7 Å². The molecule has 18 heavy (non-hydrogen) atoms. The van der Waals surface area contributed by atoms with Crippen molar-refractivity contribution in [2.45, 2.75) is 18.4 Å². The van der Waals surface area contributed by atoms with Crippen molar-refractivity contribution in [2.24, 2.45) is 0 Å². The van der Waals surface area contributed by atoms with Crippen LogP contribution in [0, 0.1) is 0 Å². The van der Waals surface area contributed by atoms with Crippen molar-refractivity contribution in [3.63, 3.8) is 0 Å². The van der Waals surface area contributed by atoms with E-state index in [-0.39, 0.29) is 17.7 Å². The number of hydrogen-bond acceptors (Lipinski definition) is 7. The molecule has 0 spiro atoms. The third-order valence-corrected chi connectivity index (χ3v) is 4.47. The van der Waals surface area contributed by atoms with Crippen molar-refractivity contribution < 1.29 is 9.53 Å². The minimum atomic E-state index is -0.281. The van der Waals surface area contributed by atoms with Gasteiger partial charge in [-0.1, -0.05) is 18.7 Å². The number of aromatic nitrogens is 2. The van der Waals surface area contributed by atoms with Crippen LogP contribution in [0.2, 0.25) is 0 Å². The van der Waals surface area contributed by atoms with Gasteiger partial charge in [0.2, 0.25) is 5.95 Å². The third kappa shape index (κ3) is 2.73. The molecule has 0 aromatic carbocycles. The first-order chi connectivity index (χ1) is 8.63. The molecule has 0 aliphatic rings. The van der Waals surface area contributed by atoms with Gasteiger partial charge in [0.1, 0.15) is 9.86 Å². The molecule has 0 amide bonds. The number of carbonyl (C=O) groups is 1. The molecule has 0 aliphatic carbocycles. The fourth-order valence-corrected chi connectivity index (χ4v) is 3.31. The van der Waals surface area contributed by atoms with Crippen molar-refractivity contribution in [1.82, 2.24) is 9.97 Å². The highest BCUT2D eigenvalue weighted by atomic mass is 32.2. The van der Waals surface area contributed by atoms with E-state index in [0.717, 1.165) is 21.7 Å². The van der Waals surface area contributed by atoms with E-state index in [4.69, 9.17) is 5.73 Å². The Bertz CT molecular complexity index is 583. The summed E-state index contributed by atoms with van der Waals surface area (Å²) in [5, 5.41) is 1.69. The first kappa shape index (κ1) is 13.1. The van der Waals surface area contributed by atoms with E-state index in [1.807, 2.05) is 0 Å². The highest BCUT2D eigenvalue weighted by Gasteiger charge is 2.12. The van der Waals surface area contributed by atoms with Gasteiger partial charge in [-0.25, -0.2) is 9.97 Å². The predicted octanol–water partition coefficient (Wildman–Crippen LogP) is 2.10. The third-order valence-electron chi connectivity index (χ3n) is 2.33. The Balaban J connectivity index is 2.35. The molecule has 2 N–H and O–H groups in total. The monoisotopic (exact) mass is 283 g/mol. The molecular formula is C11H13N3O2S2. The molecule has 0 atom stereocenters. The lowest BCUT2D eigenvalue weighted by Gasteiger charge is -2.02. The number of rotatable bonds is 4. The van der Waals surface area contributed by atoms with Crippen LogP contribution in [0.15, 0.2) is 11.1 Å². The molecule has 96 valence electrons. The lowest BCUT2D eigenvalue weighted by molar-refractivity contribution is -0.137. The standard InChI is InChI=1S/C11H13N3O2S2/c1-3-6-4-7-9(17-5-8(15)16-2)13-11(12)14-10(7)18-6/h4H,3,5H2,1-2H3,(H2,12,13,14). The summed E-state index contributed by atoms with van der Waals surface area (Å²) >= 11 is 2.93. The topological polar surface area (TPSA) is 78.1 Å². The van der Waals surface area contributed by atoms with E-state index in [1.54, 1.807) is 11.3 Å². The number of fused-ring (bicyclic) bond motifs is 1. The number of methoxy groups -OCH3 is 1. The lowest BCUT2D eigenvalue weighted by atomic mass is 10.3. The van der Waals surface area contributed by atoms with Crippen LogP contribution in [0.4, 0.5) is 5.95 Å². The number of nitrogen functional groups attached to an aromatic ring is 1. The molecule has 2 rings (SSSR count). The summed E-state index contributed by atoms with van der Waals surface area (Å²) < 4.78 is 4.61. The number of anilines is 1. The van der Waals surface area contributed by atoms with Gasteiger partial charge in [0, 0.05) is 10.3 Å². The van der Waals surface area contributed by atoms with Gasteiger partial charge in [-0.15, -0.1) is 11.3 Å². The second-order valence-corrected chi connectivity index (χ2v) is 5.62. The Labute approximate surface area is 113 Å². The van der Waals surface area contributed by atoms with Gasteiger partial charge in [0.05, 0.1) is 12.9 Å². The van der Waals surface area contributed by atoms with Crippen LogP contribution in [0.5, 0.6) is 0 Å². The molecule has 0 radical (unpaired) electrons. The van der Waals surface area contributed by atoms with E-state index in [9.17, 15) is 4.79 Å². The molecule has 0 bridgehead atoms. The second-order valence-electron chi connectivity index (χ2n) is 3.54. The SMILES string of the molecule is CCc1cc2c(SCC(=O)OC)nc(N)nc2s1. The number of nitrogens with zero attached hydrogens (tertiary/aromatic N) is 2. The van der Waals surface area contributed by atoms with E-state index in [0.29, 0.717) is 0 Å². The number of carbonyl (C=O) groups excluding carboxylic acids is 1. The van der Waals surface area contributed by atoms with Crippen LogP contribution in [-0.2, 0) is 16.0 Å². The molecule has 0 aliphatic heterocycles. The second kappa shape index (κ2) is 5.53. The predicted molar refractivity (Wildman–Crippen MR) is 73.9 cm³/mol. The minimum absolute atomic E-state index is 0.222. The van der Waals surface area contributed by atoms with Crippen molar-refractivity contribution in [3.8, 4) is 0 Å². The van der Waals surface area contributed by atoms with Crippen molar-refractivity contribution in [3.05, 3.63) is 10.9 Å². The average molecular weight is 283 g/mol. The minimum Gasteiger partial charge on any atom is -0.468 e. The number of ether oxygens (including phenoxy) is 1. The Hall–Kier alpha value is -1.34.